The van der Waals surface area contributed by atoms with Gasteiger partial charge in [-0.05, 0) is 18.8 Å². The smallest absolute Gasteiger partial charge is 0.136 e. The van der Waals surface area contributed by atoms with Crippen LogP contribution in [0.15, 0.2) is 0 Å². The molecule has 0 bridgehead atoms. The van der Waals surface area contributed by atoms with Crippen LogP contribution in [0.2, 0.25) is 0 Å². The summed E-state index contributed by atoms with van der Waals surface area (Å²) in [6.45, 7) is 4.50. The zero-order chi connectivity index (χ0) is 10.4. The molecular formula is C13H24O. The lowest BCUT2D eigenvalue weighted by Crippen LogP contribution is -2.25. The van der Waals surface area contributed by atoms with E-state index in [9.17, 15) is 4.79 Å². The summed E-state index contributed by atoms with van der Waals surface area (Å²) < 4.78 is 0. The van der Waals surface area contributed by atoms with Crippen molar-refractivity contribution in [1.29, 1.82) is 0 Å². The molecule has 0 radical (unpaired) electrons. The molecular weight excluding hydrogens is 172 g/mol. The SMILES string of the molecule is CCCCCC(C)C1CCCCC1=O. The maximum absolute atomic E-state index is 11.7. The van der Waals surface area contributed by atoms with Gasteiger partial charge in [0.25, 0.3) is 0 Å². The molecule has 82 valence electrons. The van der Waals surface area contributed by atoms with E-state index in [2.05, 4.69) is 13.8 Å². The number of ketones is 1. The third kappa shape index (κ3) is 3.43. The van der Waals surface area contributed by atoms with E-state index in [-0.39, 0.29) is 0 Å². The Morgan fingerprint density at radius 3 is 2.79 bits per heavy atom. The van der Waals surface area contributed by atoms with Crippen LogP contribution >= 0.6 is 0 Å². The molecule has 1 aliphatic carbocycles. The quantitative estimate of drug-likeness (QED) is 0.608. The van der Waals surface area contributed by atoms with Gasteiger partial charge in [-0.3, -0.25) is 4.79 Å². The lowest BCUT2D eigenvalue weighted by molar-refractivity contribution is -0.126. The van der Waals surface area contributed by atoms with Gasteiger partial charge in [0.05, 0.1) is 0 Å². The molecule has 0 aliphatic heterocycles. The van der Waals surface area contributed by atoms with Gasteiger partial charge in [-0.1, -0.05) is 46.0 Å². The second-order valence-electron chi connectivity index (χ2n) is 4.79. The van der Waals surface area contributed by atoms with Crippen molar-refractivity contribution < 1.29 is 4.79 Å². The van der Waals surface area contributed by atoms with Crippen molar-refractivity contribution in [2.24, 2.45) is 11.8 Å². The average molecular weight is 196 g/mol. The molecule has 1 fully saturated rings. The molecule has 1 saturated carbocycles. The second-order valence-corrected chi connectivity index (χ2v) is 4.79. The van der Waals surface area contributed by atoms with E-state index in [0.29, 0.717) is 17.6 Å². The topological polar surface area (TPSA) is 17.1 Å². The average Bonchev–Trinajstić information content (AvgIpc) is 2.18. The summed E-state index contributed by atoms with van der Waals surface area (Å²) >= 11 is 0. The maximum Gasteiger partial charge on any atom is 0.136 e. The maximum atomic E-state index is 11.7. The Morgan fingerprint density at radius 2 is 2.14 bits per heavy atom. The Balaban J connectivity index is 2.27. The second kappa shape index (κ2) is 6.21. The number of rotatable bonds is 5. The van der Waals surface area contributed by atoms with E-state index in [1.165, 1.54) is 32.1 Å². The summed E-state index contributed by atoms with van der Waals surface area (Å²) in [5.41, 5.74) is 0. The van der Waals surface area contributed by atoms with E-state index >= 15 is 0 Å². The number of unbranched alkanes of at least 4 members (excludes halogenated alkanes) is 2. The van der Waals surface area contributed by atoms with E-state index in [1.807, 2.05) is 0 Å². The first-order valence-corrected chi connectivity index (χ1v) is 6.28. The Hall–Kier alpha value is -0.330. The van der Waals surface area contributed by atoms with Crippen LogP contribution in [-0.2, 0) is 4.79 Å². The molecule has 2 atom stereocenters. The molecule has 2 unspecified atom stereocenters. The first-order chi connectivity index (χ1) is 6.75. The minimum Gasteiger partial charge on any atom is -0.299 e. The number of Topliss-reactive ketones (excluding diaryl/α,β-unsaturated/α-hetero) is 1. The van der Waals surface area contributed by atoms with Crippen molar-refractivity contribution in [2.45, 2.75) is 65.2 Å². The van der Waals surface area contributed by atoms with Crippen LogP contribution in [0.4, 0.5) is 0 Å². The molecule has 0 amide bonds. The third-order valence-corrected chi connectivity index (χ3v) is 3.55. The summed E-state index contributed by atoms with van der Waals surface area (Å²) in [4.78, 5) is 11.7. The summed E-state index contributed by atoms with van der Waals surface area (Å²) in [6.07, 6.45) is 9.59. The van der Waals surface area contributed by atoms with Crippen LogP contribution in [0.5, 0.6) is 0 Å². The van der Waals surface area contributed by atoms with Gasteiger partial charge in [-0.2, -0.15) is 0 Å². The number of carbonyl (C=O) groups is 1. The predicted octanol–water partition coefficient (Wildman–Crippen LogP) is 3.96. The highest BCUT2D eigenvalue weighted by Crippen LogP contribution is 2.29. The van der Waals surface area contributed by atoms with Crippen molar-refractivity contribution in [3.05, 3.63) is 0 Å². The fourth-order valence-electron chi connectivity index (χ4n) is 2.53. The Bertz CT molecular complexity index is 174. The van der Waals surface area contributed by atoms with Gasteiger partial charge in [0.2, 0.25) is 0 Å². The zero-order valence-corrected chi connectivity index (χ0v) is 9.72. The van der Waals surface area contributed by atoms with Crippen molar-refractivity contribution in [1.82, 2.24) is 0 Å². The van der Waals surface area contributed by atoms with Gasteiger partial charge >= 0.3 is 0 Å². The molecule has 0 N–H and O–H groups in total. The van der Waals surface area contributed by atoms with Gasteiger partial charge in [-0.25, -0.2) is 0 Å². The number of hydrogen-bond acceptors (Lipinski definition) is 1. The molecule has 1 nitrogen and oxygen atoms in total. The predicted molar refractivity (Wildman–Crippen MR) is 60.3 cm³/mol. The van der Waals surface area contributed by atoms with E-state index in [4.69, 9.17) is 0 Å². The van der Waals surface area contributed by atoms with Crippen LogP contribution in [0, 0.1) is 11.8 Å². The van der Waals surface area contributed by atoms with Crippen LogP contribution in [-0.4, -0.2) is 5.78 Å². The molecule has 1 rings (SSSR count). The Labute approximate surface area is 88.3 Å². The Kier molecular flexibility index (Phi) is 5.21. The summed E-state index contributed by atoms with van der Waals surface area (Å²) in [7, 11) is 0. The lowest BCUT2D eigenvalue weighted by atomic mass is 9.78. The molecule has 0 heterocycles. The Morgan fingerprint density at radius 1 is 1.36 bits per heavy atom. The van der Waals surface area contributed by atoms with E-state index in [1.54, 1.807) is 0 Å². The van der Waals surface area contributed by atoms with Gasteiger partial charge in [0.15, 0.2) is 0 Å². The van der Waals surface area contributed by atoms with Crippen molar-refractivity contribution >= 4 is 5.78 Å². The number of carbonyl (C=O) groups excluding carboxylic acids is 1. The van der Waals surface area contributed by atoms with Crippen molar-refractivity contribution in [3.63, 3.8) is 0 Å². The molecule has 0 aromatic carbocycles. The molecule has 1 heteroatoms. The molecule has 0 saturated heterocycles. The van der Waals surface area contributed by atoms with E-state index in [0.717, 1.165) is 19.3 Å². The molecule has 0 spiro atoms. The fourth-order valence-corrected chi connectivity index (χ4v) is 2.53. The fraction of sp³-hybridized carbons (Fsp3) is 0.923. The van der Waals surface area contributed by atoms with Gasteiger partial charge in [-0.15, -0.1) is 0 Å². The first kappa shape index (κ1) is 11.7. The van der Waals surface area contributed by atoms with Crippen molar-refractivity contribution in [2.75, 3.05) is 0 Å². The molecule has 0 aromatic heterocycles. The largest absolute Gasteiger partial charge is 0.299 e. The molecule has 14 heavy (non-hydrogen) atoms. The number of hydrogen-bond donors (Lipinski definition) is 0. The van der Waals surface area contributed by atoms with E-state index < -0.39 is 0 Å². The van der Waals surface area contributed by atoms with Crippen LogP contribution in [0.1, 0.15) is 65.2 Å². The van der Waals surface area contributed by atoms with Crippen LogP contribution in [0.3, 0.4) is 0 Å². The third-order valence-electron chi connectivity index (χ3n) is 3.55. The lowest BCUT2D eigenvalue weighted by Gasteiger charge is -2.26. The highest BCUT2D eigenvalue weighted by Gasteiger charge is 2.26. The summed E-state index contributed by atoms with van der Waals surface area (Å²) in [6, 6.07) is 0. The minimum absolute atomic E-state index is 0.403. The minimum atomic E-state index is 0.403. The zero-order valence-electron chi connectivity index (χ0n) is 9.72. The summed E-state index contributed by atoms with van der Waals surface area (Å²) in [5, 5.41) is 0. The monoisotopic (exact) mass is 196 g/mol. The highest BCUT2D eigenvalue weighted by atomic mass is 16.1. The summed E-state index contributed by atoms with van der Waals surface area (Å²) in [5.74, 6) is 1.58. The van der Waals surface area contributed by atoms with Gasteiger partial charge in [0.1, 0.15) is 5.78 Å². The first-order valence-electron chi connectivity index (χ1n) is 6.28. The van der Waals surface area contributed by atoms with Crippen molar-refractivity contribution in [3.8, 4) is 0 Å². The van der Waals surface area contributed by atoms with Crippen LogP contribution in [0.25, 0.3) is 0 Å². The standard InChI is InChI=1S/C13H24O/c1-3-4-5-8-11(2)12-9-6-7-10-13(12)14/h11-12H,3-10H2,1-2H3. The highest BCUT2D eigenvalue weighted by molar-refractivity contribution is 5.81. The normalized spacial score (nSPS) is 25.0. The molecule has 0 aromatic rings. The van der Waals surface area contributed by atoms with Crippen LogP contribution < -0.4 is 0 Å². The molecule has 1 aliphatic rings. The van der Waals surface area contributed by atoms with Gasteiger partial charge < -0.3 is 0 Å². The van der Waals surface area contributed by atoms with Gasteiger partial charge in [0, 0.05) is 12.3 Å².